The Morgan fingerprint density at radius 3 is 2.47 bits per heavy atom. The van der Waals surface area contributed by atoms with Gasteiger partial charge in [-0.2, -0.15) is 15.0 Å². The lowest BCUT2D eigenvalue weighted by molar-refractivity contribution is 0.386. The Hall–Kier alpha value is -3.36. The van der Waals surface area contributed by atoms with Gasteiger partial charge in [-0.1, -0.05) is 25.7 Å². The molecule has 1 aliphatic rings. The second-order valence-electron chi connectivity index (χ2n) is 8.10. The van der Waals surface area contributed by atoms with Gasteiger partial charge in [-0.15, -0.1) is 0 Å². The summed E-state index contributed by atoms with van der Waals surface area (Å²) >= 11 is 0. The Balaban J connectivity index is 1.57. The van der Waals surface area contributed by atoms with Crippen molar-refractivity contribution >= 4 is 23.5 Å². The fraction of sp³-hybridized carbons (Fsp3) is 0.435. The summed E-state index contributed by atoms with van der Waals surface area (Å²) in [5, 5.41) is 9.89. The summed E-state index contributed by atoms with van der Waals surface area (Å²) in [5.74, 6) is 1.01. The van der Waals surface area contributed by atoms with Gasteiger partial charge in [0.15, 0.2) is 11.6 Å². The van der Waals surface area contributed by atoms with Crippen molar-refractivity contribution in [2.75, 3.05) is 23.1 Å². The van der Waals surface area contributed by atoms with Gasteiger partial charge in [-0.25, -0.2) is 4.39 Å². The fourth-order valence-electron chi connectivity index (χ4n) is 3.93. The van der Waals surface area contributed by atoms with E-state index in [1.807, 2.05) is 25.3 Å². The number of nitrogens with one attached hydrogen (secondary N) is 4. The van der Waals surface area contributed by atoms with Crippen LogP contribution in [0.5, 0.6) is 5.75 Å². The van der Waals surface area contributed by atoms with E-state index in [1.54, 1.807) is 12.1 Å². The molecule has 1 aromatic carbocycles. The molecule has 1 atom stereocenters. The molecule has 1 saturated carbocycles. The van der Waals surface area contributed by atoms with E-state index in [-0.39, 0.29) is 11.8 Å². The SMILES string of the molecule is COc1ccc(Nc2nc(NC3CCCCCC3)nc(NC(C)c3ccc[nH]3)n2)cc1F. The van der Waals surface area contributed by atoms with Crippen molar-refractivity contribution in [1.82, 2.24) is 19.9 Å². The predicted octanol–water partition coefficient (Wildman–Crippen LogP) is 5.40. The van der Waals surface area contributed by atoms with Crippen molar-refractivity contribution in [3.63, 3.8) is 0 Å². The zero-order valence-corrected chi connectivity index (χ0v) is 18.5. The number of rotatable bonds is 8. The van der Waals surface area contributed by atoms with Crippen molar-refractivity contribution in [3.05, 3.63) is 48.0 Å². The largest absolute Gasteiger partial charge is 0.494 e. The van der Waals surface area contributed by atoms with E-state index in [1.165, 1.54) is 38.9 Å². The number of hydrogen-bond donors (Lipinski definition) is 4. The summed E-state index contributed by atoms with van der Waals surface area (Å²) in [6.45, 7) is 2.03. The number of H-pyrrole nitrogens is 1. The van der Waals surface area contributed by atoms with Crippen molar-refractivity contribution in [2.45, 2.75) is 57.5 Å². The van der Waals surface area contributed by atoms with Crippen molar-refractivity contribution < 1.29 is 9.13 Å². The van der Waals surface area contributed by atoms with Crippen LogP contribution in [0.1, 0.15) is 57.2 Å². The number of ether oxygens (including phenoxy) is 1. The van der Waals surface area contributed by atoms with Crippen molar-refractivity contribution in [3.8, 4) is 5.75 Å². The van der Waals surface area contributed by atoms with Crippen LogP contribution in [-0.4, -0.2) is 33.1 Å². The third-order valence-corrected chi connectivity index (χ3v) is 5.67. The summed E-state index contributed by atoms with van der Waals surface area (Å²) < 4.78 is 19.1. The monoisotopic (exact) mass is 439 g/mol. The average Bonchev–Trinajstić information content (AvgIpc) is 3.20. The lowest BCUT2D eigenvalue weighted by Gasteiger charge is -2.18. The minimum atomic E-state index is -0.456. The van der Waals surface area contributed by atoms with Gasteiger partial charge in [0.1, 0.15) is 0 Å². The molecule has 0 spiro atoms. The zero-order chi connectivity index (χ0) is 22.3. The molecule has 2 aromatic heterocycles. The van der Waals surface area contributed by atoms with Gasteiger partial charge in [0.05, 0.1) is 13.2 Å². The first-order valence-corrected chi connectivity index (χ1v) is 11.1. The molecule has 4 rings (SSSR count). The molecule has 1 aliphatic carbocycles. The fourth-order valence-corrected chi connectivity index (χ4v) is 3.93. The molecule has 3 aromatic rings. The summed E-state index contributed by atoms with van der Waals surface area (Å²) in [4.78, 5) is 16.9. The van der Waals surface area contributed by atoms with E-state index in [0.717, 1.165) is 18.5 Å². The maximum atomic E-state index is 14.1. The zero-order valence-electron chi connectivity index (χ0n) is 18.5. The van der Waals surface area contributed by atoms with Gasteiger partial charge in [-0.05, 0) is 44.0 Å². The van der Waals surface area contributed by atoms with E-state index < -0.39 is 5.82 Å². The van der Waals surface area contributed by atoms with Gasteiger partial charge in [0.2, 0.25) is 17.8 Å². The van der Waals surface area contributed by atoms with Crippen LogP contribution < -0.4 is 20.7 Å². The lowest BCUT2D eigenvalue weighted by Crippen LogP contribution is -2.21. The van der Waals surface area contributed by atoms with E-state index in [4.69, 9.17) is 4.74 Å². The number of anilines is 4. The Morgan fingerprint density at radius 1 is 1.03 bits per heavy atom. The van der Waals surface area contributed by atoms with Crippen LogP contribution >= 0.6 is 0 Å². The first kappa shape index (κ1) is 21.9. The summed E-state index contributed by atoms with van der Waals surface area (Å²) in [7, 11) is 1.44. The molecule has 8 nitrogen and oxygen atoms in total. The number of nitrogens with zero attached hydrogens (tertiary/aromatic N) is 3. The highest BCUT2D eigenvalue weighted by atomic mass is 19.1. The second kappa shape index (κ2) is 10.3. The van der Waals surface area contributed by atoms with E-state index in [9.17, 15) is 4.39 Å². The maximum absolute atomic E-state index is 14.1. The van der Waals surface area contributed by atoms with Crippen LogP contribution in [0.2, 0.25) is 0 Å². The number of benzene rings is 1. The summed E-state index contributed by atoms with van der Waals surface area (Å²) in [5.41, 5.74) is 1.55. The lowest BCUT2D eigenvalue weighted by atomic mass is 10.1. The molecule has 2 heterocycles. The first-order chi connectivity index (χ1) is 15.6. The topological polar surface area (TPSA) is 99.8 Å². The quantitative estimate of drug-likeness (QED) is 0.349. The molecule has 1 fully saturated rings. The van der Waals surface area contributed by atoms with Crippen LogP contribution in [0.25, 0.3) is 0 Å². The third-order valence-electron chi connectivity index (χ3n) is 5.67. The van der Waals surface area contributed by atoms with E-state index in [2.05, 4.69) is 35.9 Å². The minimum Gasteiger partial charge on any atom is -0.494 e. The molecule has 32 heavy (non-hydrogen) atoms. The minimum absolute atomic E-state index is 0.0237. The normalized spacial score (nSPS) is 15.6. The maximum Gasteiger partial charge on any atom is 0.233 e. The van der Waals surface area contributed by atoms with Crippen LogP contribution in [0.3, 0.4) is 0 Å². The molecule has 0 saturated heterocycles. The molecule has 1 unspecified atom stereocenters. The highest BCUT2D eigenvalue weighted by molar-refractivity contribution is 5.57. The van der Waals surface area contributed by atoms with Crippen LogP contribution in [0, 0.1) is 5.82 Å². The smallest absolute Gasteiger partial charge is 0.233 e. The van der Waals surface area contributed by atoms with E-state index >= 15 is 0 Å². The molecule has 4 N–H and O–H groups in total. The summed E-state index contributed by atoms with van der Waals surface area (Å²) in [6.07, 6.45) is 9.02. The molecule has 0 radical (unpaired) electrons. The Morgan fingerprint density at radius 2 is 1.78 bits per heavy atom. The average molecular weight is 440 g/mol. The van der Waals surface area contributed by atoms with Gasteiger partial charge < -0.3 is 25.7 Å². The summed E-state index contributed by atoms with van der Waals surface area (Å²) in [6, 6.07) is 8.91. The predicted molar refractivity (Wildman–Crippen MR) is 124 cm³/mol. The highest BCUT2D eigenvalue weighted by Crippen LogP contribution is 2.25. The Kier molecular flexibility index (Phi) is 7.03. The molecule has 170 valence electrons. The highest BCUT2D eigenvalue weighted by Gasteiger charge is 2.16. The van der Waals surface area contributed by atoms with Gasteiger partial charge >= 0.3 is 0 Å². The van der Waals surface area contributed by atoms with Gasteiger partial charge in [0.25, 0.3) is 0 Å². The number of methoxy groups -OCH3 is 1. The molecular weight excluding hydrogens is 409 g/mol. The number of halogens is 1. The van der Waals surface area contributed by atoms with Crippen LogP contribution in [0.15, 0.2) is 36.5 Å². The first-order valence-electron chi connectivity index (χ1n) is 11.1. The Bertz CT molecular complexity index is 1000. The van der Waals surface area contributed by atoms with Crippen LogP contribution in [0.4, 0.5) is 27.9 Å². The molecular formula is C23H30FN7O. The number of aromatic nitrogens is 4. The number of hydrogen-bond acceptors (Lipinski definition) is 7. The van der Waals surface area contributed by atoms with E-state index in [0.29, 0.717) is 29.6 Å². The van der Waals surface area contributed by atoms with Crippen molar-refractivity contribution in [2.24, 2.45) is 0 Å². The van der Waals surface area contributed by atoms with Gasteiger partial charge in [0, 0.05) is 29.7 Å². The standard InChI is InChI=1S/C23H30FN7O/c1-15(19-10-7-13-25-19)26-21-29-22(27-16-8-5-3-4-6-9-16)31-23(30-21)28-17-11-12-20(32-2)18(24)14-17/h7,10-16,25H,3-6,8-9H2,1-2H3,(H3,26,27,28,29,30,31). The molecule has 9 heteroatoms. The van der Waals surface area contributed by atoms with Crippen molar-refractivity contribution in [1.29, 1.82) is 0 Å². The Labute approximate surface area is 187 Å². The molecule has 0 amide bonds. The van der Waals surface area contributed by atoms with Crippen LogP contribution in [-0.2, 0) is 0 Å². The molecule has 0 aliphatic heterocycles. The number of aromatic amines is 1. The van der Waals surface area contributed by atoms with Gasteiger partial charge in [-0.3, -0.25) is 0 Å². The third kappa shape index (κ3) is 5.66. The molecule has 0 bridgehead atoms. The second-order valence-corrected chi connectivity index (χ2v) is 8.10.